The van der Waals surface area contributed by atoms with E-state index in [1.54, 1.807) is 13.0 Å². The lowest BCUT2D eigenvalue weighted by molar-refractivity contribution is -0.139. The Morgan fingerprint density at radius 3 is 2.78 bits per heavy atom. The first-order chi connectivity index (χ1) is 17.1. The number of anilines is 1. The van der Waals surface area contributed by atoms with Gasteiger partial charge < -0.3 is 19.6 Å². The van der Waals surface area contributed by atoms with Gasteiger partial charge in [-0.3, -0.25) is 4.79 Å². The summed E-state index contributed by atoms with van der Waals surface area (Å²) in [5.74, 6) is 1.24. The molecule has 3 aromatic rings. The Kier molecular flexibility index (Phi) is 7.47. The van der Waals surface area contributed by atoms with Crippen molar-refractivity contribution in [1.29, 1.82) is 0 Å². The molecule has 1 saturated heterocycles. The van der Waals surface area contributed by atoms with Crippen LogP contribution in [0, 0.1) is 0 Å². The van der Waals surface area contributed by atoms with Crippen LogP contribution in [0.4, 0.5) is 27.8 Å². The van der Waals surface area contributed by atoms with Gasteiger partial charge in [-0.1, -0.05) is 5.16 Å². The largest absolute Gasteiger partial charge is 0.421 e. The van der Waals surface area contributed by atoms with E-state index in [-0.39, 0.29) is 30.6 Å². The van der Waals surface area contributed by atoms with Crippen molar-refractivity contribution in [3.63, 3.8) is 0 Å². The third-order valence-electron chi connectivity index (χ3n) is 5.47. The maximum absolute atomic E-state index is 12.9. The summed E-state index contributed by atoms with van der Waals surface area (Å²) in [6.07, 6.45) is -4.60. The molecule has 0 saturated carbocycles. The molecule has 0 amide bonds. The molecule has 0 radical (unpaired) electrons. The van der Waals surface area contributed by atoms with Gasteiger partial charge >= 0.3 is 6.18 Å². The van der Waals surface area contributed by atoms with Gasteiger partial charge in [0, 0.05) is 30.8 Å². The number of ether oxygens (including phenoxy) is 1. The Hall–Kier alpha value is -3.62. The van der Waals surface area contributed by atoms with Gasteiger partial charge in [0.05, 0.1) is 18.8 Å². The van der Waals surface area contributed by atoms with E-state index in [0.717, 1.165) is 18.8 Å². The summed E-state index contributed by atoms with van der Waals surface area (Å²) in [6, 6.07) is 2.95. The second-order valence-corrected chi connectivity index (χ2v) is 8.23. The molecule has 1 aliphatic rings. The maximum atomic E-state index is 12.9. The molecule has 0 aromatic carbocycles. The van der Waals surface area contributed by atoms with E-state index in [2.05, 4.69) is 25.6 Å². The van der Waals surface area contributed by atoms with Crippen LogP contribution in [0.15, 0.2) is 39.9 Å². The number of hydrogen-bond acceptors (Lipinski definition) is 9. The van der Waals surface area contributed by atoms with Crippen LogP contribution in [0.2, 0.25) is 0 Å². The average molecular weight is 515 g/mol. The predicted molar refractivity (Wildman–Crippen MR) is 115 cm³/mol. The zero-order valence-corrected chi connectivity index (χ0v) is 19.0. The fourth-order valence-electron chi connectivity index (χ4n) is 3.67. The Bertz CT molecular complexity index is 1220. The highest BCUT2D eigenvalue weighted by atomic mass is 19.4. The molecule has 2 unspecified atom stereocenters. The molecule has 15 heteroatoms. The molecule has 4 heterocycles. The summed E-state index contributed by atoms with van der Waals surface area (Å²) >= 11 is 0. The highest BCUT2D eigenvalue weighted by Crippen LogP contribution is 2.29. The van der Waals surface area contributed by atoms with Crippen LogP contribution < -0.4 is 15.9 Å². The van der Waals surface area contributed by atoms with Crippen molar-refractivity contribution in [3.05, 3.63) is 63.8 Å². The van der Waals surface area contributed by atoms with Crippen LogP contribution in [-0.2, 0) is 17.5 Å². The summed E-state index contributed by atoms with van der Waals surface area (Å²) in [5, 5.41) is 7.58. The molecular weight excluding hydrogens is 493 g/mol. The highest BCUT2D eigenvalue weighted by Gasteiger charge is 2.35. The van der Waals surface area contributed by atoms with Crippen LogP contribution in [0.3, 0.4) is 0 Å². The van der Waals surface area contributed by atoms with Gasteiger partial charge in [0.1, 0.15) is 18.0 Å². The van der Waals surface area contributed by atoms with E-state index in [9.17, 15) is 26.7 Å². The number of nitrogens with one attached hydrogen (secondary N) is 1. The third-order valence-corrected chi connectivity index (χ3v) is 5.47. The number of nitrogens with zero attached hydrogens (tertiary/aromatic N) is 6. The summed E-state index contributed by atoms with van der Waals surface area (Å²) in [5.41, 5.74) is -0.248. The molecule has 0 spiro atoms. The molecular formula is C21H22F5N7O3. The van der Waals surface area contributed by atoms with Gasteiger partial charge in [-0.2, -0.15) is 23.3 Å². The Balaban J connectivity index is 1.26. The average Bonchev–Trinajstić information content (AvgIpc) is 3.50. The first kappa shape index (κ1) is 25.5. The molecule has 10 nitrogen and oxygen atoms in total. The van der Waals surface area contributed by atoms with E-state index < -0.39 is 29.8 Å². The lowest BCUT2D eigenvalue weighted by atomic mass is 10.1. The van der Waals surface area contributed by atoms with Gasteiger partial charge in [-0.25, -0.2) is 13.8 Å². The van der Waals surface area contributed by atoms with Gasteiger partial charge in [-0.15, -0.1) is 4.79 Å². The van der Waals surface area contributed by atoms with Gasteiger partial charge in [0.15, 0.2) is 5.82 Å². The number of alkyl halides is 5. The number of aromatic nitrogens is 5. The third kappa shape index (κ3) is 5.95. The van der Waals surface area contributed by atoms with E-state index in [1.165, 1.54) is 6.07 Å². The molecule has 1 aliphatic heterocycles. The van der Waals surface area contributed by atoms with Crippen LogP contribution in [0.5, 0.6) is 0 Å². The zero-order chi connectivity index (χ0) is 25.9. The monoisotopic (exact) mass is 515 g/mol. The SMILES string of the molecule is CC(COCc1nc(C2CCN(c3ccc(C(F)F)cn3)C2)no1)Nn1nccc(C(F)(F)F)c1=O. The number of rotatable bonds is 9. The molecule has 0 bridgehead atoms. The van der Waals surface area contributed by atoms with Crippen molar-refractivity contribution in [2.45, 2.75) is 44.5 Å². The molecule has 1 N–H and O–H groups in total. The molecule has 1 fully saturated rings. The quantitative estimate of drug-likeness (QED) is 0.430. The second-order valence-electron chi connectivity index (χ2n) is 8.23. The van der Waals surface area contributed by atoms with Gasteiger partial charge in [-0.05, 0) is 31.5 Å². The molecule has 36 heavy (non-hydrogen) atoms. The molecule has 2 atom stereocenters. The topological polar surface area (TPSA) is 111 Å². The van der Waals surface area contributed by atoms with Crippen LogP contribution in [0.25, 0.3) is 0 Å². The van der Waals surface area contributed by atoms with Crippen molar-refractivity contribution in [1.82, 2.24) is 25.0 Å². The molecule has 4 rings (SSSR count). The molecule has 0 aliphatic carbocycles. The number of hydrogen-bond donors (Lipinski definition) is 1. The van der Waals surface area contributed by atoms with Gasteiger partial charge in [0.2, 0.25) is 0 Å². The summed E-state index contributed by atoms with van der Waals surface area (Å²) in [7, 11) is 0. The Morgan fingerprint density at radius 1 is 1.28 bits per heavy atom. The lowest BCUT2D eigenvalue weighted by Crippen LogP contribution is -2.40. The van der Waals surface area contributed by atoms with E-state index >= 15 is 0 Å². The number of halogens is 5. The molecule has 3 aromatic heterocycles. The van der Waals surface area contributed by atoms with E-state index in [4.69, 9.17) is 9.26 Å². The van der Waals surface area contributed by atoms with E-state index in [0.29, 0.717) is 35.6 Å². The second kappa shape index (κ2) is 10.6. The maximum Gasteiger partial charge on any atom is 0.421 e. The normalized spacial score (nSPS) is 17.1. The Morgan fingerprint density at radius 2 is 2.08 bits per heavy atom. The highest BCUT2D eigenvalue weighted by molar-refractivity contribution is 5.41. The van der Waals surface area contributed by atoms with Crippen LogP contribution in [0.1, 0.15) is 48.5 Å². The predicted octanol–water partition coefficient (Wildman–Crippen LogP) is 3.12. The fraction of sp³-hybridized carbons (Fsp3) is 0.476. The molecule has 194 valence electrons. The zero-order valence-electron chi connectivity index (χ0n) is 19.0. The standard InChI is InChI=1S/C21H22F5N7O3/c1-12(30-33-20(34)15(4-6-28-33)21(24,25)26)10-35-11-17-29-19(31-36-17)14-5-7-32(9-14)16-3-2-13(8-27-16)18(22)23/h2-4,6,8,12,14,18,30H,5,7,9-11H2,1H3. The van der Waals surface area contributed by atoms with Crippen LogP contribution in [-0.4, -0.2) is 50.8 Å². The minimum Gasteiger partial charge on any atom is -0.369 e. The minimum absolute atomic E-state index is 0.0135. The summed E-state index contributed by atoms with van der Waals surface area (Å²) in [4.78, 5) is 22.8. The van der Waals surface area contributed by atoms with E-state index in [1.807, 2.05) is 4.90 Å². The van der Waals surface area contributed by atoms with Crippen molar-refractivity contribution >= 4 is 5.82 Å². The first-order valence-corrected chi connectivity index (χ1v) is 10.9. The summed E-state index contributed by atoms with van der Waals surface area (Å²) < 4.78 is 74.7. The van der Waals surface area contributed by atoms with Crippen LogP contribution >= 0.6 is 0 Å². The Labute approximate surface area is 201 Å². The van der Waals surface area contributed by atoms with Crippen molar-refractivity contribution in [2.75, 3.05) is 30.0 Å². The smallest absolute Gasteiger partial charge is 0.369 e. The van der Waals surface area contributed by atoms with Crippen molar-refractivity contribution in [3.8, 4) is 0 Å². The van der Waals surface area contributed by atoms with Crippen molar-refractivity contribution in [2.24, 2.45) is 0 Å². The minimum atomic E-state index is -4.79. The van der Waals surface area contributed by atoms with Gasteiger partial charge in [0.25, 0.3) is 17.9 Å². The first-order valence-electron chi connectivity index (χ1n) is 10.9. The summed E-state index contributed by atoms with van der Waals surface area (Å²) in [6.45, 7) is 2.76. The fourth-order valence-corrected chi connectivity index (χ4v) is 3.67. The number of pyridine rings is 1. The lowest BCUT2D eigenvalue weighted by Gasteiger charge is -2.17. The van der Waals surface area contributed by atoms with Crippen molar-refractivity contribution < 1.29 is 31.2 Å².